The van der Waals surface area contributed by atoms with Gasteiger partial charge in [-0.1, -0.05) is 132 Å². The zero-order valence-corrected chi connectivity index (χ0v) is 61.5. The van der Waals surface area contributed by atoms with Crippen LogP contribution >= 0.6 is 57.7 Å². The van der Waals surface area contributed by atoms with Crippen molar-refractivity contribution in [2.75, 3.05) is 78.5 Å². The van der Waals surface area contributed by atoms with Crippen molar-refractivity contribution in [1.29, 1.82) is 0 Å². The van der Waals surface area contributed by atoms with Crippen LogP contribution in [0.2, 0.25) is 20.1 Å². The Kier molecular flexibility index (Phi) is 27.9. The van der Waals surface area contributed by atoms with Crippen molar-refractivity contribution in [1.82, 2.24) is 40.1 Å². The van der Waals surface area contributed by atoms with Crippen LogP contribution in [0.25, 0.3) is 21.1 Å². The van der Waals surface area contributed by atoms with Gasteiger partial charge in [0.15, 0.2) is 0 Å². The number of nitrogens with one attached hydrogen (secondary N) is 1. The molecule has 14 nitrogen and oxygen atoms in total. The van der Waals surface area contributed by atoms with Crippen LogP contribution in [-0.4, -0.2) is 154 Å². The summed E-state index contributed by atoms with van der Waals surface area (Å²) in [6.07, 6.45) is 18.3. The van der Waals surface area contributed by atoms with E-state index in [-0.39, 0.29) is 26.8 Å². The molecule has 0 spiro atoms. The van der Waals surface area contributed by atoms with Gasteiger partial charge in [-0.3, -0.25) is 19.3 Å². The van der Waals surface area contributed by atoms with E-state index in [1.165, 1.54) is 67.1 Å². The molecule has 4 saturated heterocycles. The fourth-order valence-electron chi connectivity index (χ4n) is 15.4. The Bertz CT molecular complexity index is 3970. The first-order valence-electron chi connectivity index (χ1n) is 36.0. The number of benzene rings is 6. The predicted molar refractivity (Wildman–Crippen MR) is 407 cm³/mol. The number of amides is 1. The summed E-state index contributed by atoms with van der Waals surface area (Å²) < 4.78 is 26.6. The Labute approximate surface area is 616 Å². The zero-order chi connectivity index (χ0) is 69.9. The van der Waals surface area contributed by atoms with Gasteiger partial charge in [0.25, 0.3) is 5.91 Å². The van der Waals surface area contributed by atoms with Crippen molar-refractivity contribution in [3.05, 3.63) is 193 Å². The third-order valence-electron chi connectivity index (χ3n) is 20.7. The first kappa shape index (κ1) is 74.9. The highest BCUT2D eigenvalue weighted by Crippen LogP contribution is 2.36. The number of likely N-dealkylation sites (tertiary alicyclic amines) is 4. The molecule has 20 heteroatoms. The van der Waals surface area contributed by atoms with Gasteiger partial charge in [0, 0.05) is 92.1 Å². The van der Waals surface area contributed by atoms with Crippen molar-refractivity contribution in [3.63, 3.8) is 0 Å². The number of piperidine rings is 4. The number of thiazole rings is 1. The van der Waals surface area contributed by atoms with E-state index in [2.05, 4.69) is 65.2 Å². The minimum atomic E-state index is -0.719. The van der Waals surface area contributed by atoms with Crippen molar-refractivity contribution in [2.24, 2.45) is 29.6 Å². The number of aryl methyl sites for hydroxylation is 1. The number of carbonyl (C=O) groups is 3. The molecule has 13 rings (SSSR count). The maximum absolute atomic E-state index is 13.3. The summed E-state index contributed by atoms with van der Waals surface area (Å²) in [4.78, 5) is 51.8. The van der Waals surface area contributed by atoms with Gasteiger partial charge in [0.1, 0.15) is 41.3 Å². The van der Waals surface area contributed by atoms with Crippen LogP contribution in [0.15, 0.2) is 139 Å². The molecule has 8 aromatic rings. The fourth-order valence-corrected chi connectivity index (χ4v) is 16.7. The number of ketones is 1. The monoisotopic (exact) mass is 1460 g/mol. The van der Waals surface area contributed by atoms with Crippen molar-refractivity contribution < 1.29 is 36.2 Å². The fraction of sp³-hybridized carbons (Fsp3) is 0.475. The number of carboxylic acid groups (broad SMARTS) is 1. The Morgan fingerprint density at radius 3 is 2.00 bits per heavy atom. The van der Waals surface area contributed by atoms with Gasteiger partial charge in [0.2, 0.25) is 0 Å². The SMILES string of the molecule is C[C@H](CNC(=O)c1cnnc2ccccc12)CN1CCC(Oc2ccc(Cl)c(Cl)c2)CC1.Cc1cccc(C[C@@H](C(=O)O)N2CCC(CN3CCC(Oc4ccc(Cl)c(Cl)c4)CC3)CC2)c1.O=C(Cc1ccc2ncsc2c1)C[C@@H]1CCCC[C@H]1CN1CCC[C@@H](Cc2ccc(F)cc2)C1.[HH].[HH]. The number of hydrogen-bond acceptors (Lipinski definition) is 13. The molecule has 100 heavy (non-hydrogen) atoms. The van der Waals surface area contributed by atoms with Crippen LogP contribution in [0, 0.1) is 42.3 Å². The molecule has 6 heterocycles. The highest BCUT2D eigenvalue weighted by molar-refractivity contribution is 7.16. The topological polar surface area (TPSA) is 154 Å². The van der Waals surface area contributed by atoms with Gasteiger partial charge in [-0.05, 0) is 204 Å². The van der Waals surface area contributed by atoms with Crippen molar-refractivity contribution in [3.8, 4) is 11.5 Å². The molecular formula is C80H99Cl4FN8O6S. The predicted octanol–water partition coefficient (Wildman–Crippen LogP) is 17.6. The van der Waals surface area contributed by atoms with Crippen LogP contribution < -0.4 is 14.8 Å². The summed E-state index contributed by atoms with van der Waals surface area (Å²) in [6, 6.07) is 39.4. The lowest BCUT2D eigenvalue weighted by molar-refractivity contribution is -0.144. The number of aromatic nitrogens is 3. The van der Waals surface area contributed by atoms with E-state index in [9.17, 15) is 23.9 Å². The molecule has 5 aliphatic rings. The number of rotatable bonds is 23. The van der Waals surface area contributed by atoms with Crippen LogP contribution in [-0.2, 0) is 28.9 Å². The molecule has 5 atom stereocenters. The van der Waals surface area contributed by atoms with Gasteiger partial charge in [-0.15, -0.1) is 11.3 Å². The summed E-state index contributed by atoms with van der Waals surface area (Å²) in [5.41, 5.74) is 8.80. The Hall–Kier alpha value is -6.31. The average molecular weight is 1460 g/mol. The highest BCUT2D eigenvalue weighted by atomic mass is 35.5. The second kappa shape index (κ2) is 37.2. The molecular weight excluding hydrogens is 1360 g/mol. The molecule has 6 aromatic carbocycles. The molecule has 2 N–H and O–H groups in total. The van der Waals surface area contributed by atoms with Crippen molar-refractivity contribution >= 4 is 96.5 Å². The quantitative estimate of drug-likeness (QED) is 0.0625. The summed E-state index contributed by atoms with van der Waals surface area (Å²) in [5, 5.41) is 23.9. The largest absolute Gasteiger partial charge is 0.490 e. The zero-order valence-electron chi connectivity index (χ0n) is 57.6. The Morgan fingerprint density at radius 2 is 1.32 bits per heavy atom. The van der Waals surface area contributed by atoms with E-state index in [0.29, 0.717) is 80.4 Å². The second-order valence-electron chi connectivity index (χ2n) is 28.5. The first-order chi connectivity index (χ1) is 48.5. The average Bonchev–Trinajstić information content (AvgIpc) is 0.890. The maximum Gasteiger partial charge on any atom is 0.321 e. The van der Waals surface area contributed by atoms with E-state index in [4.69, 9.17) is 55.9 Å². The number of nitrogens with zero attached hydrogens (tertiary/aromatic N) is 7. The molecule has 1 saturated carbocycles. The van der Waals surface area contributed by atoms with Gasteiger partial charge >= 0.3 is 5.97 Å². The van der Waals surface area contributed by atoms with Gasteiger partial charge in [-0.25, -0.2) is 9.37 Å². The summed E-state index contributed by atoms with van der Waals surface area (Å²) in [6.45, 7) is 15.9. The second-order valence-corrected chi connectivity index (χ2v) is 31.0. The number of hydrogen-bond donors (Lipinski definition) is 2. The van der Waals surface area contributed by atoms with Crippen molar-refractivity contribution in [2.45, 2.75) is 135 Å². The number of halogens is 5. The third kappa shape index (κ3) is 22.3. The summed E-state index contributed by atoms with van der Waals surface area (Å²) in [7, 11) is 0. The van der Waals surface area contributed by atoms with Gasteiger partial charge < -0.3 is 34.6 Å². The van der Waals surface area contributed by atoms with E-state index in [1.54, 1.807) is 47.7 Å². The molecule has 0 bridgehead atoms. The minimum absolute atomic E-state index is 0. The number of fused-ring (bicyclic) bond motifs is 2. The van der Waals surface area contributed by atoms with Crippen LogP contribution in [0.1, 0.15) is 126 Å². The number of Topliss-reactive ketones (excluding diaryl/α,β-unsaturated/α-hetero) is 1. The number of carboxylic acids is 1. The first-order valence-corrected chi connectivity index (χ1v) is 38.4. The number of aliphatic carboxylic acids is 1. The lowest BCUT2D eigenvalue weighted by Crippen LogP contribution is -2.48. The van der Waals surface area contributed by atoms with E-state index in [1.807, 2.05) is 85.2 Å². The molecule has 4 aliphatic heterocycles. The minimum Gasteiger partial charge on any atom is -0.490 e. The smallest absolute Gasteiger partial charge is 0.321 e. The van der Waals surface area contributed by atoms with Gasteiger partial charge in [0.05, 0.1) is 53.1 Å². The van der Waals surface area contributed by atoms with E-state index >= 15 is 0 Å². The third-order valence-corrected chi connectivity index (χ3v) is 23.0. The maximum atomic E-state index is 13.3. The molecule has 0 unspecified atom stereocenters. The van der Waals surface area contributed by atoms with Crippen LogP contribution in [0.3, 0.4) is 0 Å². The normalized spacial score (nSPS) is 20.0. The van der Waals surface area contributed by atoms with E-state index < -0.39 is 12.0 Å². The number of ether oxygens (including phenoxy) is 2. The Balaban J connectivity index is 0.000000176. The lowest BCUT2D eigenvalue weighted by atomic mass is 9.75. The molecule has 1 aliphatic carbocycles. The highest BCUT2D eigenvalue weighted by Gasteiger charge is 2.34. The standard InChI is InChI=1S/C29H35FN2OS.C27H34Cl2N2O3.C24H26Cl2N4O2.2H2/c30-26-10-7-21(8-11-26)14-23-4-3-13-32(18-23)19-25-6-2-1-5-24(25)17-27(33)15-22-9-12-28-29(16-22)34-20-31-28;1-19-3-2-4-21(15-19)16-26(27(32)33)31-13-7-20(8-14-31)18-30-11-9-22(10-12-30)34-23-5-6-24(28)25(29)17-23;1-16(13-27-24(31)20-14-28-29-23-5-3-2-4-19(20)23)15-30-10-8-17(9-11-30)32-18-6-7-21(25)22(26)12-18;;/h7-12,16,20,23-25H,1-6,13-15,17-19H2;2-6,15,17,20,22,26H,7-14,16,18H2,1H3,(H,32,33);2-7,12,14,16-17H,8-11,13,15H2,1H3,(H,27,31);2*1H/t23-,24-,25-;26-;16-;;/m001../s1. The molecule has 1 amide bonds. The van der Waals surface area contributed by atoms with Crippen LogP contribution in [0.4, 0.5) is 4.39 Å². The van der Waals surface area contributed by atoms with Gasteiger partial charge in [-0.2, -0.15) is 10.2 Å². The molecule has 0 radical (unpaired) electrons. The lowest BCUT2D eigenvalue weighted by Gasteiger charge is -2.39. The molecule has 5 fully saturated rings. The number of carbonyl (C=O) groups excluding carboxylic acids is 2. The summed E-state index contributed by atoms with van der Waals surface area (Å²) in [5.74, 6) is 3.67. The Morgan fingerprint density at radius 1 is 0.650 bits per heavy atom. The summed E-state index contributed by atoms with van der Waals surface area (Å²) >= 11 is 25.8. The molecule has 536 valence electrons. The van der Waals surface area contributed by atoms with Crippen LogP contribution in [0.5, 0.6) is 11.5 Å². The molecule has 2 aromatic heterocycles. The van der Waals surface area contributed by atoms with E-state index in [0.717, 1.165) is 156 Å².